The minimum absolute atomic E-state index is 0.198. The first-order valence-electron chi connectivity index (χ1n) is 5.17. The van der Waals surface area contributed by atoms with E-state index < -0.39 is 5.97 Å². The molecule has 1 unspecified atom stereocenters. The Bertz CT molecular complexity index is 346. The van der Waals surface area contributed by atoms with Crippen LogP contribution in [0.3, 0.4) is 0 Å². The van der Waals surface area contributed by atoms with Crippen LogP contribution in [0, 0.1) is 0 Å². The minimum atomic E-state index is -0.979. The van der Waals surface area contributed by atoms with Crippen LogP contribution in [0.15, 0.2) is 16.7 Å². The summed E-state index contributed by atoms with van der Waals surface area (Å²) >= 11 is 0. The summed E-state index contributed by atoms with van der Waals surface area (Å²) in [6, 6.07) is 1.44. The lowest BCUT2D eigenvalue weighted by atomic mass is 10.2. The molecule has 16 heavy (non-hydrogen) atoms. The van der Waals surface area contributed by atoms with Crippen molar-refractivity contribution in [3.63, 3.8) is 0 Å². The Morgan fingerprint density at radius 2 is 2.31 bits per heavy atom. The maximum Gasteiger partial charge on any atom is 0.339 e. The first-order chi connectivity index (χ1) is 7.50. The van der Waals surface area contributed by atoms with Crippen LogP contribution < -0.4 is 0 Å². The van der Waals surface area contributed by atoms with Crippen LogP contribution in [-0.2, 0) is 6.54 Å². The molecule has 0 spiro atoms. The highest BCUT2D eigenvalue weighted by Gasteiger charge is 2.14. The normalized spacial score (nSPS) is 13.0. The summed E-state index contributed by atoms with van der Waals surface area (Å²) in [5.74, 6) is -0.534. The van der Waals surface area contributed by atoms with Gasteiger partial charge < -0.3 is 14.6 Å². The number of nitrogens with zero attached hydrogens (tertiary/aromatic N) is 1. The van der Waals surface area contributed by atoms with Gasteiger partial charge in [0.25, 0.3) is 0 Å². The standard InChI is InChI=1S/C11H17NO4/c1-8(13)3-5-12(2)7-10-9(11(14)15)4-6-16-10/h4,6,8,13H,3,5,7H2,1-2H3,(H,14,15). The lowest BCUT2D eigenvalue weighted by molar-refractivity contribution is 0.0692. The molecule has 0 radical (unpaired) electrons. The molecule has 5 nitrogen and oxygen atoms in total. The Hall–Kier alpha value is -1.33. The van der Waals surface area contributed by atoms with Crippen LogP contribution in [-0.4, -0.2) is 40.8 Å². The molecule has 1 aromatic rings. The molecule has 90 valence electrons. The monoisotopic (exact) mass is 227 g/mol. The van der Waals surface area contributed by atoms with Crippen molar-refractivity contribution in [2.75, 3.05) is 13.6 Å². The summed E-state index contributed by atoms with van der Waals surface area (Å²) < 4.78 is 5.12. The topological polar surface area (TPSA) is 73.9 Å². The molecule has 1 aromatic heterocycles. The second-order valence-electron chi connectivity index (χ2n) is 3.94. The van der Waals surface area contributed by atoms with Crippen LogP contribution >= 0.6 is 0 Å². The highest BCUT2D eigenvalue weighted by molar-refractivity contribution is 5.88. The van der Waals surface area contributed by atoms with Crippen molar-refractivity contribution in [1.82, 2.24) is 4.90 Å². The van der Waals surface area contributed by atoms with Gasteiger partial charge in [0, 0.05) is 6.54 Å². The number of carboxylic acid groups (broad SMARTS) is 1. The molecule has 1 atom stereocenters. The molecule has 0 aliphatic rings. The van der Waals surface area contributed by atoms with Gasteiger partial charge in [-0.3, -0.25) is 4.90 Å². The Labute approximate surface area is 94.3 Å². The molecule has 0 aliphatic heterocycles. The molecule has 1 heterocycles. The van der Waals surface area contributed by atoms with Gasteiger partial charge in [-0.15, -0.1) is 0 Å². The number of rotatable bonds is 6. The van der Waals surface area contributed by atoms with Crippen molar-refractivity contribution in [1.29, 1.82) is 0 Å². The number of hydrogen-bond acceptors (Lipinski definition) is 4. The Morgan fingerprint density at radius 3 is 2.88 bits per heavy atom. The van der Waals surface area contributed by atoms with Crippen LogP contribution in [0.4, 0.5) is 0 Å². The molecule has 0 saturated carbocycles. The summed E-state index contributed by atoms with van der Waals surface area (Å²) in [4.78, 5) is 12.7. The van der Waals surface area contributed by atoms with Gasteiger partial charge in [-0.05, 0) is 26.5 Å². The zero-order valence-corrected chi connectivity index (χ0v) is 9.51. The fourth-order valence-electron chi connectivity index (χ4n) is 1.39. The minimum Gasteiger partial charge on any atom is -0.478 e. The molecule has 1 rings (SSSR count). The van der Waals surface area contributed by atoms with Crippen LogP contribution in [0.1, 0.15) is 29.5 Å². The zero-order chi connectivity index (χ0) is 12.1. The molecular formula is C11H17NO4. The summed E-state index contributed by atoms with van der Waals surface area (Å²) in [7, 11) is 1.86. The van der Waals surface area contributed by atoms with Gasteiger partial charge in [-0.25, -0.2) is 4.79 Å². The smallest absolute Gasteiger partial charge is 0.339 e. The van der Waals surface area contributed by atoms with Crippen molar-refractivity contribution < 1.29 is 19.4 Å². The summed E-state index contributed by atoms with van der Waals surface area (Å²) in [6.45, 7) is 2.85. The Morgan fingerprint density at radius 1 is 1.62 bits per heavy atom. The highest BCUT2D eigenvalue weighted by atomic mass is 16.4. The molecule has 0 fully saturated rings. The van der Waals surface area contributed by atoms with Gasteiger partial charge in [-0.1, -0.05) is 0 Å². The number of hydrogen-bond donors (Lipinski definition) is 2. The largest absolute Gasteiger partial charge is 0.478 e. The van der Waals surface area contributed by atoms with Crippen molar-refractivity contribution in [2.24, 2.45) is 0 Å². The predicted molar refractivity (Wildman–Crippen MR) is 58.3 cm³/mol. The van der Waals surface area contributed by atoms with E-state index in [0.29, 0.717) is 25.3 Å². The highest BCUT2D eigenvalue weighted by Crippen LogP contribution is 2.12. The number of carbonyl (C=O) groups is 1. The molecule has 0 bridgehead atoms. The summed E-state index contributed by atoms with van der Waals surface area (Å²) in [6.07, 6.45) is 1.68. The van der Waals surface area contributed by atoms with E-state index in [4.69, 9.17) is 14.6 Å². The van der Waals surface area contributed by atoms with E-state index in [9.17, 15) is 4.79 Å². The van der Waals surface area contributed by atoms with E-state index in [-0.39, 0.29) is 11.7 Å². The van der Waals surface area contributed by atoms with Crippen LogP contribution in [0.25, 0.3) is 0 Å². The maximum absolute atomic E-state index is 10.8. The SMILES string of the molecule is CC(O)CCN(C)Cc1occc1C(=O)O. The number of carboxylic acids is 1. The van der Waals surface area contributed by atoms with Crippen molar-refractivity contribution in [3.8, 4) is 0 Å². The first kappa shape index (κ1) is 12.7. The second kappa shape index (κ2) is 5.67. The van der Waals surface area contributed by atoms with E-state index in [1.165, 1.54) is 12.3 Å². The molecule has 2 N–H and O–H groups in total. The van der Waals surface area contributed by atoms with Crippen molar-refractivity contribution in [2.45, 2.75) is 26.0 Å². The summed E-state index contributed by atoms with van der Waals surface area (Å²) in [5.41, 5.74) is 0.198. The average molecular weight is 227 g/mol. The number of aliphatic hydroxyl groups is 1. The fraction of sp³-hybridized carbons (Fsp3) is 0.545. The first-order valence-corrected chi connectivity index (χ1v) is 5.17. The Balaban J connectivity index is 2.52. The zero-order valence-electron chi connectivity index (χ0n) is 9.51. The van der Waals surface area contributed by atoms with Gasteiger partial charge in [0.1, 0.15) is 11.3 Å². The van der Waals surface area contributed by atoms with Gasteiger partial charge in [-0.2, -0.15) is 0 Å². The molecular weight excluding hydrogens is 210 g/mol. The average Bonchev–Trinajstić information content (AvgIpc) is 2.62. The van der Waals surface area contributed by atoms with E-state index in [1.54, 1.807) is 6.92 Å². The van der Waals surface area contributed by atoms with Crippen molar-refractivity contribution >= 4 is 5.97 Å². The van der Waals surface area contributed by atoms with E-state index in [2.05, 4.69) is 0 Å². The van der Waals surface area contributed by atoms with E-state index in [0.717, 1.165) is 0 Å². The molecule has 0 amide bonds. The lowest BCUT2D eigenvalue weighted by Crippen LogP contribution is -2.22. The van der Waals surface area contributed by atoms with Crippen LogP contribution in [0.2, 0.25) is 0 Å². The third kappa shape index (κ3) is 3.67. The van der Waals surface area contributed by atoms with Crippen LogP contribution in [0.5, 0.6) is 0 Å². The summed E-state index contributed by atoms with van der Waals surface area (Å²) in [5, 5.41) is 18.0. The van der Waals surface area contributed by atoms with Gasteiger partial charge in [0.15, 0.2) is 0 Å². The van der Waals surface area contributed by atoms with Gasteiger partial charge in [0.05, 0.1) is 18.9 Å². The predicted octanol–water partition coefficient (Wildman–Crippen LogP) is 1.18. The molecule has 5 heteroatoms. The van der Waals surface area contributed by atoms with E-state index in [1.807, 2.05) is 11.9 Å². The molecule has 0 aromatic carbocycles. The number of furan rings is 1. The van der Waals surface area contributed by atoms with Gasteiger partial charge in [0.2, 0.25) is 0 Å². The third-order valence-electron chi connectivity index (χ3n) is 2.32. The third-order valence-corrected chi connectivity index (χ3v) is 2.32. The molecule has 0 aliphatic carbocycles. The van der Waals surface area contributed by atoms with Gasteiger partial charge >= 0.3 is 5.97 Å². The maximum atomic E-state index is 10.8. The van der Waals surface area contributed by atoms with E-state index >= 15 is 0 Å². The van der Waals surface area contributed by atoms with Crippen molar-refractivity contribution in [3.05, 3.63) is 23.7 Å². The molecule has 0 saturated heterocycles. The number of aromatic carboxylic acids is 1. The quantitative estimate of drug-likeness (QED) is 0.763. The fourth-order valence-corrected chi connectivity index (χ4v) is 1.39. The Kier molecular flexibility index (Phi) is 4.52. The second-order valence-corrected chi connectivity index (χ2v) is 3.94. The lowest BCUT2D eigenvalue weighted by Gasteiger charge is -2.16. The number of aliphatic hydroxyl groups excluding tert-OH is 1.